The van der Waals surface area contributed by atoms with Crippen molar-refractivity contribution in [1.29, 1.82) is 0 Å². The predicted octanol–water partition coefficient (Wildman–Crippen LogP) is 13.9. The molecule has 2 atom stereocenters. The summed E-state index contributed by atoms with van der Waals surface area (Å²) in [6.45, 7) is 9.50. The van der Waals surface area contributed by atoms with Crippen LogP contribution in [0.4, 0.5) is 0 Å². The molecule has 0 bridgehead atoms. The fourth-order valence-corrected chi connectivity index (χ4v) is 9.14. The third-order valence-corrected chi connectivity index (χ3v) is 11.7. The smallest absolute Gasteiger partial charge is 0.0710 e. The van der Waals surface area contributed by atoms with Gasteiger partial charge in [-0.05, 0) is 104 Å². The summed E-state index contributed by atoms with van der Waals surface area (Å²) >= 11 is 0. The molecule has 54 heavy (non-hydrogen) atoms. The normalized spacial score (nSPS) is 16.8. The second-order valence-corrected chi connectivity index (χ2v) is 14.6. The number of benzene rings is 6. The van der Waals surface area contributed by atoms with Gasteiger partial charge in [0.1, 0.15) is 0 Å². The molecule has 266 valence electrons. The zero-order valence-electron chi connectivity index (χ0n) is 31.8. The van der Waals surface area contributed by atoms with Gasteiger partial charge in [0.05, 0.1) is 11.5 Å². The number of fused-ring (bicyclic) bond motifs is 3. The van der Waals surface area contributed by atoms with Crippen molar-refractivity contribution in [3.63, 3.8) is 0 Å². The average Bonchev–Trinajstić information content (AvgIpc) is 3.54. The van der Waals surface area contributed by atoms with E-state index >= 15 is 0 Å². The molecule has 0 amide bonds. The molecule has 0 saturated heterocycles. The fraction of sp³-hybridized carbons (Fsp3) is 0.170. The minimum Gasteiger partial charge on any atom is -0.367 e. The van der Waals surface area contributed by atoms with Crippen LogP contribution in [0.1, 0.15) is 79.0 Å². The first kappa shape index (κ1) is 35.1. The Kier molecular flexibility index (Phi) is 9.89. The maximum atomic E-state index is 4.92. The number of rotatable bonds is 11. The van der Waals surface area contributed by atoms with Crippen LogP contribution in [-0.2, 0) is 5.41 Å². The van der Waals surface area contributed by atoms with Crippen LogP contribution in [0.2, 0.25) is 0 Å². The zero-order chi connectivity index (χ0) is 37.1. The molecule has 0 aliphatic heterocycles. The zero-order valence-corrected chi connectivity index (χ0v) is 31.8. The highest BCUT2D eigenvalue weighted by Crippen LogP contribution is 2.57. The highest BCUT2D eigenvalue weighted by molar-refractivity contribution is 5.92. The Morgan fingerprint density at radius 2 is 1.28 bits per heavy atom. The van der Waals surface area contributed by atoms with Crippen LogP contribution >= 0.6 is 0 Å². The molecule has 8 rings (SSSR count). The van der Waals surface area contributed by atoms with Crippen LogP contribution < -0.4 is 0 Å². The van der Waals surface area contributed by atoms with E-state index in [-0.39, 0.29) is 6.04 Å². The topological polar surface area (TPSA) is 3.24 Å². The SMILES string of the molecule is C=C(/C(CC)=C(/c1ccccc1)N(C)C(CC)c1ccc(-c2ccccc2)cc1)c1ccc2c(c1)C(C1=CCCC=C1)(c1ccccc1)c1ccccc1-2. The summed E-state index contributed by atoms with van der Waals surface area (Å²) in [5.41, 5.74) is 17.3. The lowest BCUT2D eigenvalue weighted by Crippen LogP contribution is -2.29. The van der Waals surface area contributed by atoms with Gasteiger partial charge >= 0.3 is 0 Å². The monoisotopic (exact) mass is 699 g/mol. The molecule has 2 aliphatic carbocycles. The molecule has 1 nitrogen and oxygen atoms in total. The summed E-state index contributed by atoms with van der Waals surface area (Å²) in [6, 6.07) is 58.2. The number of hydrogen-bond acceptors (Lipinski definition) is 1. The molecule has 1 heteroatoms. The minimum atomic E-state index is -0.408. The fourth-order valence-electron chi connectivity index (χ4n) is 9.14. The quantitative estimate of drug-likeness (QED) is 0.122. The van der Waals surface area contributed by atoms with Crippen LogP contribution in [0.5, 0.6) is 0 Å². The first-order valence-electron chi connectivity index (χ1n) is 19.6. The van der Waals surface area contributed by atoms with Gasteiger partial charge in [-0.15, -0.1) is 0 Å². The van der Waals surface area contributed by atoms with E-state index in [2.05, 4.69) is 202 Å². The Labute approximate surface area is 322 Å². The Balaban J connectivity index is 1.27. The van der Waals surface area contributed by atoms with Crippen molar-refractivity contribution >= 4 is 11.3 Å². The minimum absolute atomic E-state index is 0.185. The Morgan fingerprint density at radius 3 is 1.94 bits per heavy atom. The molecule has 0 heterocycles. The number of hydrogen-bond donors (Lipinski definition) is 0. The molecule has 0 fully saturated rings. The van der Waals surface area contributed by atoms with Gasteiger partial charge in [-0.2, -0.15) is 0 Å². The van der Waals surface area contributed by atoms with Crippen LogP contribution in [-0.4, -0.2) is 11.9 Å². The van der Waals surface area contributed by atoms with E-state index in [0.29, 0.717) is 0 Å². The largest absolute Gasteiger partial charge is 0.367 e. The van der Waals surface area contributed by atoms with Crippen LogP contribution in [0, 0.1) is 0 Å². The summed E-state index contributed by atoms with van der Waals surface area (Å²) in [5.74, 6) is 0. The summed E-state index contributed by atoms with van der Waals surface area (Å²) < 4.78 is 0. The van der Waals surface area contributed by atoms with Gasteiger partial charge in [0.25, 0.3) is 0 Å². The third-order valence-electron chi connectivity index (χ3n) is 11.7. The molecule has 2 aliphatic rings. The number of allylic oxidation sites excluding steroid dienone is 6. The second-order valence-electron chi connectivity index (χ2n) is 14.6. The first-order chi connectivity index (χ1) is 26.6. The van der Waals surface area contributed by atoms with Crippen molar-refractivity contribution in [2.75, 3.05) is 7.05 Å². The molecule has 0 spiro atoms. The van der Waals surface area contributed by atoms with Gasteiger partial charge < -0.3 is 4.90 Å². The van der Waals surface area contributed by atoms with Gasteiger partial charge in [0.2, 0.25) is 0 Å². The first-order valence-corrected chi connectivity index (χ1v) is 19.6. The average molecular weight is 700 g/mol. The lowest BCUT2D eigenvalue weighted by molar-refractivity contribution is 0.345. The van der Waals surface area contributed by atoms with E-state index < -0.39 is 5.41 Å². The van der Waals surface area contributed by atoms with Crippen LogP contribution in [0.15, 0.2) is 194 Å². The van der Waals surface area contributed by atoms with Gasteiger partial charge in [0, 0.05) is 12.7 Å². The molecule has 0 radical (unpaired) electrons. The highest BCUT2D eigenvalue weighted by atomic mass is 15.1. The summed E-state index contributed by atoms with van der Waals surface area (Å²) in [5, 5.41) is 0. The second kappa shape index (κ2) is 15.2. The molecular weight excluding hydrogens is 651 g/mol. The summed E-state index contributed by atoms with van der Waals surface area (Å²) in [7, 11) is 2.27. The van der Waals surface area contributed by atoms with Crippen LogP contribution in [0.25, 0.3) is 33.5 Å². The van der Waals surface area contributed by atoms with Crippen molar-refractivity contribution in [3.05, 3.63) is 227 Å². The van der Waals surface area contributed by atoms with Gasteiger partial charge in [-0.25, -0.2) is 0 Å². The maximum Gasteiger partial charge on any atom is 0.0710 e. The predicted molar refractivity (Wildman–Crippen MR) is 230 cm³/mol. The van der Waals surface area contributed by atoms with Gasteiger partial charge in [-0.1, -0.05) is 190 Å². The summed E-state index contributed by atoms with van der Waals surface area (Å²) in [4.78, 5) is 2.51. The van der Waals surface area contributed by atoms with E-state index in [4.69, 9.17) is 6.58 Å². The van der Waals surface area contributed by atoms with E-state index in [1.165, 1.54) is 72.5 Å². The number of nitrogens with zero attached hydrogens (tertiary/aromatic N) is 1. The molecule has 0 saturated carbocycles. The molecule has 2 unspecified atom stereocenters. The maximum absolute atomic E-state index is 4.92. The van der Waals surface area contributed by atoms with Crippen molar-refractivity contribution < 1.29 is 0 Å². The van der Waals surface area contributed by atoms with Crippen molar-refractivity contribution in [2.24, 2.45) is 0 Å². The molecule has 6 aromatic rings. The van der Waals surface area contributed by atoms with Gasteiger partial charge in [-0.3, -0.25) is 0 Å². The van der Waals surface area contributed by atoms with Crippen LogP contribution in [0.3, 0.4) is 0 Å². The molecule has 0 N–H and O–H groups in total. The van der Waals surface area contributed by atoms with E-state index in [1.807, 2.05) is 0 Å². The highest BCUT2D eigenvalue weighted by Gasteiger charge is 2.47. The Morgan fingerprint density at radius 1 is 0.648 bits per heavy atom. The molecular formula is C53H49N. The van der Waals surface area contributed by atoms with Crippen molar-refractivity contribution in [3.8, 4) is 22.3 Å². The third kappa shape index (κ3) is 6.08. The van der Waals surface area contributed by atoms with E-state index in [9.17, 15) is 0 Å². The van der Waals surface area contributed by atoms with Crippen molar-refractivity contribution in [1.82, 2.24) is 4.90 Å². The van der Waals surface area contributed by atoms with Crippen molar-refractivity contribution in [2.45, 2.75) is 51.0 Å². The van der Waals surface area contributed by atoms with E-state index in [1.54, 1.807) is 0 Å². The Hall–Kier alpha value is -5.92. The molecule has 0 aromatic heterocycles. The molecule has 6 aromatic carbocycles. The summed E-state index contributed by atoms with van der Waals surface area (Å²) in [6.07, 6.45) is 11.1. The van der Waals surface area contributed by atoms with E-state index in [0.717, 1.165) is 31.3 Å². The Bertz CT molecular complexity index is 2360. The lowest BCUT2D eigenvalue weighted by Gasteiger charge is -2.36. The lowest BCUT2D eigenvalue weighted by atomic mass is 9.66. The standard InChI is InChI=1S/C53H49N/c1-5-46(52(42-23-13-8-14-24-42)54(4)51(6-2)41-33-31-40(32-34-41)39-21-11-7-12-22-39)38(3)43-35-36-48-47-29-19-20-30-49(47)53(50(48)37-43,44-25-15-9-16-26-44)45-27-17-10-18-28-45/h7-9,11-17,19-37,51H,3,5-6,10,18H2,1-2,4H3/b52-46-. The van der Waals surface area contributed by atoms with Gasteiger partial charge in [0.15, 0.2) is 0 Å².